The van der Waals surface area contributed by atoms with Crippen LogP contribution in [-0.2, 0) is 4.79 Å². The minimum Gasteiger partial charge on any atom is -0.497 e. The minimum atomic E-state index is -0.406. The van der Waals surface area contributed by atoms with Gasteiger partial charge in [-0.1, -0.05) is 41.3 Å². The molecule has 0 unspecified atom stereocenters. The van der Waals surface area contributed by atoms with E-state index in [9.17, 15) is 9.59 Å². The molecule has 1 heterocycles. The number of carbonyl (C=O) groups is 2. The zero-order chi connectivity index (χ0) is 19.8. The van der Waals surface area contributed by atoms with Gasteiger partial charge in [0.15, 0.2) is 4.34 Å². The molecule has 0 saturated heterocycles. The van der Waals surface area contributed by atoms with Crippen LogP contribution in [0.1, 0.15) is 0 Å². The van der Waals surface area contributed by atoms with Gasteiger partial charge in [0.1, 0.15) is 5.75 Å². The van der Waals surface area contributed by atoms with E-state index < -0.39 is 6.03 Å². The van der Waals surface area contributed by atoms with E-state index in [0.717, 1.165) is 5.75 Å². The van der Waals surface area contributed by atoms with Crippen molar-refractivity contribution >= 4 is 51.5 Å². The van der Waals surface area contributed by atoms with Crippen molar-refractivity contribution in [2.75, 3.05) is 28.8 Å². The Morgan fingerprint density at radius 1 is 0.964 bits per heavy atom. The normalized spacial score (nSPS) is 10.2. The lowest BCUT2D eigenvalue weighted by molar-refractivity contribution is -0.113. The predicted octanol–water partition coefficient (Wildman–Crippen LogP) is 3.92. The zero-order valence-corrected chi connectivity index (χ0v) is 16.5. The van der Waals surface area contributed by atoms with Crippen molar-refractivity contribution < 1.29 is 14.3 Å². The zero-order valence-electron chi connectivity index (χ0n) is 14.8. The lowest BCUT2D eigenvalue weighted by Crippen LogP contribution is -2.19. The second kappa shape index (κ2) is 9.72. The third-order valence-corrected chi connectivity index (χ3v) is 5.33. The van der Waals surface area contributed by atoms with Gasteiger partial charge in [-0.3, -0.25) is 10.1 Å². The largest absolute Gasteiger partial charge is 0.497 e. The van der Waals surface area contributed by atoms with E-state index in [1.165, 1.54) is 23.1 Å². The fourth-order valence-corrected chi connectivity index (χ4v) is 3.65. The molecule has 0 aliphatic carbocycles. The van der Waals surface area contributed by atoms with Crippen LogP contribution in [0.2, 0.25) is 0 Å². The number of nitrogens with zero attached hydrogens (tertiary/aromatic N) is 2. The Hall–Kier alpha value is -3.11. The molecule has 0 radical (unpaired) electrons. The molecule has 10 heteroatoms. The molecule has 3 aromatic rings. The number of para-hydroxylation sites is 1. The number of hydrogen-bond donors (Lipinski definition) is 3. The SMILES string of the molecule is COc1ccc(NC(=O)CSc2nnc(NC(=O)Nc3ccccc3)s2)cc1. The molecule has 0 bridgehead atoms. The average Bonchev–Trinajstić information content (AvgIpc) is 3.15. The van der Waals surface area contributed by atoms with E-state index in [1.54, 1.807) is 43.5 Å². The predicted molar refractivity (Wildman–Crippen MR) is 111 cm³/mol. The van der Waals surface area contributed by atoms with Gasteiger partial charge in [-0.25, -0.2) is 4.79 Å². The summed E-state index contributed by atoms with van der Waals surface area (Å²) in [5, 5.41) is 16.3. The van der Waals surface area contributed by atoms with Gasteiger partial charge in [-0.15, -0.1) is 10.2 Å². The summed E-state index contributed by atoms with van der Waals surface area (Å²) in [6.07, 6.45) is 0. The molecule has 3 N–H and O–H groups in total. The van der Waals surface area contributed by atoms with Crippen LogP contribution in [0.5, 0.6) is 5.75 Å². The van der Waals surface area contributed by atoms with Crippen molar-refractivity contribution in [2.45, 2.75) is 4.34 Å². The highest BCUT2D eigenvalue weighted by Crippen LogP contribution is 2.26. The van der Waals surface area contributed by atoms with Crippen LogP contribution in [0, 0.1) is 0 Å². The molecule has 1 aromatic heterocycles. The van der Waals surface area contributed by atoms with Crippen LogP contribution in [0.4, 0.5) is 21.3 Å². The van der Waals surface area contributed by atoms with Gasteiger partial charge >= 0.3 is 6.03 Å². The number of benzene rings is 2. The highest BCUT2D eigenvalue weighted by atomic mass is 32.2. The minimum absolute atomic E-state index is 0.165. The molecular formula is C18H17N5O3S2. The molecule has 3 rings (SSSR count). The molecule has 144 valence electrons. The quantitative estimate of drug-likeness (QED) is 0.399. The summed E-state index contributed by atoms with van der Waals surface area (Å²) < 4.78 is 5.66. The Bertz CT molecular complexity index is 932. The van der Waals surface area contributed by atoms with Crippen molar-refractivity contribution in [1.29, 1.82) is 0 Å². The third-order valence-electron chi connectivity index (χ3n) is 3.36. The summed E-state index contributed by atoms with van der Waals surface area (Å²) in [6.45, 7) is 0. The fourth-order valence-electron chi connectivity index (χ4n) is 2.10. The first-order valence-corrected chi connectivity index (χ1v) is 9.96. The summed E-state index contributed by atoms with van der Waals surface area (Å²) in [4.78, 5) is 24.0. The van der Waals surface area contributed by atoms with Crippen molar-refractivity contribution in [3.05, 3.63) is 54.6 Å². The summed E-state index contributed by atoms with van der Waals surface area (Å²) >= 11 is 2.44. The smallest absolute Gasteiger partial charge is 0.325 e. The number of urea groups is 1. The summed E-state index contributed by atoms with van der Waals surface area (Å²) in [6, 6.07) is 15.7. The molecule has 0 aliphatic heterocycles. The number of hydrogen-bond acceptors (Lipinski definition) is 7. The summed E-state index contributed by atoms with van der Waals surface area (Å²) in [5.41, 5.74) is 1.36. The fraction of sp³-hybridized carbons (Fsp3) is 0.111. The molecule has 8 nitrogen and oxygen atoms in total. The molecule has 3 amide bonds. The van der Waals surface area contributed by atoms with Gasteiger partial charge in [-0.2, -0.15) is 0 Å². The molecule has 0 aliphatic rings. The Labute approximate surface area is 169 Å². The average molecular weight is 416 g/mol. The van der Waals surface area contributed by atoms with E-state index >= 15 is 0 Å². The van der Waals surface area contributed by atoms with Crippen LogP contribution >= 0.6 is 23.1 Å². The van der Waals surface area contributed by atoms with Crippen LogP contribution in [-0.4, -0.2) is 35.0 Å². The first kappa shape index (κ1) is 19.6. The first-order valence-electron chi connectivity index (χ1n) is 8.15. The molecule has 0 spiro atoms. The number of nitrogens with one attached hydrogen (secondary N) is 3. The molecular weight excluding hydrogens is 398 g/mol. The van der Waals surface area contributed by atoms with Crippen molar-refractivity contribution in [3.63, 3.8) is 0 Å². The van der Waals surface area contributed by atoms with Gasteiger partial charge in [-0.05, 0) is 36.4 Å². The van der Waals surface area contributed by atoms with Crippen LogP contribution in [0.25, 0.3) is 0 Å². The van der Waals surface area contributed by atoms with Crippen molar-refractivity contribution in [3.8, 4) is 5.75 Å². The van der Waals surface area contributed by atoms with Crippen LogP contribution in [0.3, 0.4) is 0 Å². The molecule has 2 aromatic carbocycles. The van der Waals surface area contributed by atoms with E-state index in [2.05, 4.69) is 26.1 Å². The molecule has 0 atom stereocenters. The second-order valence-corrected chi connectivity index (χ2v) is 7.58. The maximum atomic E-state index is 12.0. The number of methoxy groups -OCH3 is 1. The van der Waals surface area contributed by atoms with Gasteiger partial charge in [0.2, 0.25) is 11.0 Å². The van der Waals surface area contributed by atoms with E-state index in [4.69, 9.17) is 4.74 Å². The number of amides is 3. The summed E-state index contributed by atoms with van der Waals surface area (Å²) in [7, 11) is 1.58. The monoisotopic (exact) mass is 415 g/mol. The van der Waals surface area contributed by atoms with Crippen molar-refractivity contribution in [2.24, 2.45) is 0 Å². The standard InChI is InChI=1S/C18H17N5O3S2/c1-26-14-9-7-13(8-10-14)19-15(24)11-27-18-23-22-17(28-18)21-16(25)20-12-5-3-2-4-6-12/h2-10H,11H2,1H3,(H,19,24)(H2,20,21,22,25). The number of aromatic nitrogens is 2. The highest BCUT2D eigenvalue weighted by molar-refractivity contribution is 8.01. The van der Waals surface area contributed by atoms with E-state index in [-0.39, 0.29) is 11.7 Å². The van der Waals surface area contributed by atoms with Gasteiger partial charge in [0, 0.05) is 11.4 Å². The lowest BCUT2D eigenvalue weighted by Gasteiger charge is -2.05. The van der Waals surface area contributed by atoms with Crippen molar-refractivity contribution in [1.82, 2.24) is 10.2 Å². The molecule has 0 fully saturated rings. The maximum Gasteiger partial charge on any atom is 0.325 e. The maximum absolute atomic E-state index is 12.0. The molecule has 0 saturated carbocycles. The number of thioether (sulfide) groups is 1. The lowest BCUT2D eigenvalue weighted by atomic mass is 10.3. The third kappa shape index (κ3) is 5.96. The Balaban J connectivity index is 1.44. The number of ether oxygens (including phenoxy) is 1. The van der Waals surface area contributed by atoms with E-state index in [0.29, 0.717) is 20.8 Å². The summed E-state index contributed by atoms with van der Waals surface area (Å²) in [5.74, 6) is 0.732. The Morgan fingerprint density at radius 3 is 2.39 bits per heavy atom. The first-order chi connectivity index (χ1) is 13.6. The second-order valence-electron chi connectivity index (χ2n) is 5.38. The van der Waals surface area contributed by atoms with E-state index in [1.807, 2.05) is 18.2 Å². The van der Waals surface area contributed by atoms with Crippen LogP contribution in [0.15, 0.2) is 58.9 Å². The van der Waals surface area contributed by atoms with Gasteiger partial charge in [0.05, 0.1) is 12.9 Å². The number of carbonyl (C=O) groups excluding carboxylic acids is 2. The van der Waals surface area contributed by atoms with Gasteiger partial charge < -0.3 is 15.4 Å². The van der Waals surface area contributed by atoms with Gasteiger partial charge in [0.25, 0.3) is 0 Å². The van der Waals surface area contributed by atoms with Crippen LogP contribution < -0.4 is 20.7 Å². The highest BCUT2D eigenvalue weighted by Gasteiger charge is 2.11. The number of anilines is 3. The Kier molecular flexibility index (Phi) is 6.82. The Morgan fingerprint density at radius 2 is 1.68 bits per heavy atom. The topological polar surface area (TPSA) is 105 Å². The number of rotatable bonds is 7. The molecule has 28 heavy (non-hydrogen) atoms.